The van der Waals surface area contributed by atoms with Crippen LogP contribution in [0.15, 0.2) is 47.8 Å². The van der Waals surface area contributed by atoms with Crippen molar-refractivity contribution in [2.45, 2.75) is 25.2 Å². The zero-order chi connectivity index (χ0) is 18.9. The molecule has 27 heavy (non-hydrogen) atoms. The number of rotatable bonds is 7. The largest absolute Gasteiger partial charge is 0.348 e. The lowest BCUT2D eigenvalue weighted by Crippen LogP contribution is -2.44. The molecular weight excluding hydrogens is 358 g/mol. The van der Waals surface area contributed by atoms with Gasteiger partial charge in [-0.05, 0) is 55.3 Å². The van der Waals surface area contributed by atoms with Gasteiger partial charge in [0.1, 0.15) is 0 Å². The van der Waals surface area contributed by atoms with E-state index in [1.165, 1.54) is 4.88 Å². The van der Waals surface area contributed by atoms with Gasteiger partial charge in [-0.1, -0.05) is 36.4 Å². The Labute approximate surface area is 164 Å². The summed E-state index contributed by atoms with van der Waals surface area (Å²) in [7, 11) is 0. The molecule has 0 radical (unpaired) electrons. The van der Waals surface area contributed by atoms with Crippen LogP contribution in [0.1, 0.15) is 29.2 Å². The minimum absolute atomic E-state index is 0.465. The van der Waals surface area contributed by atoms with Crippen molar-refractivity contribution in [1.82, 2.24) is 15.5 Å². The number of amides is 2. The molecule has 3 rings (SSSR count). The van der Waals surface area contributed by atoms with Crippen LogP contribution in [0.4, 0.5) is 0 Å². The molecule has 1 aromatic carbocycles. The molecule has 0 saturated carbocycles. The maximum absolute atomic E-state index is 11.9. The lowest BCUT2D eigenvalue weighted by molar-refractivity contribution is -0.139. The van der Waals surface area contributed by atoms with Gasteiger partial charge in [-0.2, -0.15) is 0 Å². The number of nitrogens with one attached hydrogen (secondary N) is 2. The van der Waals surface area contributed by atoms with E-state index in [4.69, 9.17) is 0 Å². The quantitative estimate of drug-likeness (QED) is 0.720. The van der Waals surface area contributed by atoms with Crippen LogP contribution in [-0.4, -0.2) is 49.4 Å². The summed E-state index contributed by atoms with van der Waals surface area (Å²) < 4.78 is 0. The van der Waals surface area contributed by atoms with Gasteiger partial charge in [-0.25, -0.2) is 0 Å². The highest BCUT2D eigenvalue weighted by Gasteiger charge is 2.21. The minimum atomic E-state index is -0.553. The first-order valence-corrected chi connectivity index (χ1v) is 10.5. The van der Waals surface area contributed by atoms with Gasteiger partial charge >= 0.3 is 11.8 Å². The Kier molecular flexibility index (Phi) is 7.42. The van der Waals surface area contributed by atoms with Gasteiger partial charge in [-0.3, -0.25) is 9.59 Å². The smallest absolute Gasteiger partial charge is 0.309 e. The van der Waals surface area contributed by atoms with E-state index in [2.05, 4.69) is 33.0 Å². The van der Waals surface area contributed by atoms with Crippen molar-refractivity contribution >= 4 is 23.2 Å². The van der Waals surface area contributed by atoms with Crippen LogP contribution in [0.25, 0.3) is 0 Å². The summed E-state index contributed by atoms with van der Waals surface area (Å²) in [6, 6.07) is 14.2. The first-order chi connectivity index (χ1) is 13.2. The maximum atomic E-state index is 11.9. The molecule has 1 fully saturated rings. The van der Waals surface area contributed by atoms with Crippen LogP contribution in [0.3, 0.4) is 0 Å². The van der Waals surface area contributed by atoms with Crippen LogP contribution in [-0.2, 0) is 16.0 Å². The number of carbonyl (C=O) groups excluding carboxylic acids is 2. The predicted octanol–water partition coefficient (Wildman–Crippen LogP) is 2.40. The molecule has 5 nitrogen and oxygen atoms in total. The second-order valence-electron chi connectivity index (χ2n) is 6.88. The lowest BCUT2D eigenvalue weighted by Gasteiger charge is -2.31. The molecule has 0 bridgehead atoms. The Balaban J connectivity index is 1.27. The highest BCUT2D eigenvalue weighted by Crippen LogP contribution is 2.30. The van der Waals surface area contributed by atoms with E-state index in [1.807, 2.05) is 41.7 Å². The first kappa shape index (κ1) is 19.6. The number of carbonyl (C=O) groups is 2. The molecule has 2 amide bonds. The molecule has 1 saturated heterocycles. The lowest BCUT2D eigenvalue weighted by atomic mass is 9.95. The van der Waals surface area contributed by atoms with Crippen molar-refractivity contribution in [2.24, 2.45) is 0 Å². The van der Waals surface area contributed by atoms with Crippen LogP contribution in [0.2, 0.25) is 0 Å². The summed E-state index contributed by atoms with van der Waals surface area (Å²) in [5, 5.41) is 7.54. The van der Waals surface area contributed by atoms with Gasteiger partial charge in [0.2, 0.25) is 0 Å². The minimum Gasteiger partial charge on any atom is -0.348 e. The number of likely N-dealkylation sites (tertiary alicyclic amines) is 1. The molecule has 1 aliphatic rings. The van der Waals surface area contributed by atoms with E-state index in [0.717, 1.165) is 44.5 Å². The van der Waals surface area contributed by atoms with Crippen molar-refractivity contribution < 1.29 is 9.59 Å². The van der Waals surface area contributed by atoms with Crippen molar-refractivity contribution in [2.75, 3.05) is 32.7 Å². The Bertz CT molecular complexity index is 710. The van der Waals surface area contributed by atoms with Crippen LogP contribution < -0.4 is 10.6 Å². The van der Waals surface area contributed by atoms with E-state index in [1.54, 1.807) is 0 Å². The van der Waals surface area contributed by atoms with Gasteiger partial charge in [0.05, 0.1) is 0 Å². The molecule has 1 aromatic heterocycles. The Morgan fingerprint density at radius 3 is 2.33 bits per heavy atom. The van der Waals surface area contributed by atoms with Gasteiger partial charge in [0.25, 0.3) is 0 Å². The summed E-state index contributed by atoms with van der Waals surface area (Å²) in [5.74, 6) is -0.426. The van der Waals surface area contributed by atoms with Crippen LogP contribution in [0.5, 0.6) is 0 Å². The van der Waals surface area contributed by atoms with E-state index in [0.29, 0.717) is 19.0 Å². The zero-order valence-corrected chi connectivity index (χ0v) is 16.3. The molecule has 0 aliphatic carbocycles. The number of benzene rings is 1. The second kappa shape index (κ2) is 10.2. The predicted molar refractivity (Wildman–Crippen MR) is 109 cm³/mol. The number of hydrogen-bond acceptors (Lipinski definition) is 4. The van der Waals surface area contributed by atoms with Crippen molar-refractivity contribution in [3.63, 3.8) is 0 Å². The number of piperidine rings is 1. The van der Waals surface area contributed by atoms with Gasteiger partial charge in [0, 0.05) is 24.5 Å². The third kappa shape index (κ3) is 6.19. The van der Waals surface area contributed by atoms with E-state index in [9.17, 15) is 9.59 Å². The maximum Gasteiger partial charge on any atom is 0.309 e. The summed E-state index contributed by atoms with van der Waals surface area (Å²) in [4.78, 5) is 27.6. The van der Waals surface area contributed by atoms with Gasteiger partial charge < -0.3 is 15.5 Å². The third-order valence-electron chi connectivity index (χ3n) is 5.00. The first-order valence-electron chi connectivity index (χ1n) is 9.58. The number of nitrogens with zero attached hydrogens (tertiary/aromatic N) is 1. The topological polar surface area (TPSA) is 61.4 Å². The van der Waals surface area contributed by atoms with Crippen molar-refractivity contribution in [3.8, 4) is 0 Å². The van der Waals surface area contributed by atoms with Crippen molar-refractivity contribution in [1.29, 1.82) is 0 Å². The SMILES string of the molecule is O=C(NCCc1ccccc1)C(=O)NCCN1CCC(c2cccs2)CC1. The average Bonchev–Trinajstić information content (AvgIpc) is 3.24. The number of thiophene rings is 1. The second-order valence-corrected chi connectivity index (χ2v) is 7.86. The highest BCUT2D eigenvalue weighted by atomic mass is 32.1. The monoisotopic (exact) mass is 385 g/mol. The Morgan fingerprint density at radius 1 is 0.963 bits per heavy atom. The molecular formula is C21H27N3O2S. The molecule has 0 unspecified atom stereocenters. The molecule has 0 atom stereocenters. The highest BCUT2D eigenvalue weighted by molar-refractivity contribution is 7.10. The fraction of sp³-hybridized carbons (Fsp3) is 0.429. The van der Waals surface area contributed by atoms with E-state index in [-0.39, 0.29) is 0 Å². The zero-order valence-electron chi connectivity index (χ0n) is 15.5. The fourth-order valence-corrected chi connectivity index (χ4v) is 4.32. The van der Waals surface area contributed by atoms with Crippen LogP contribution in [0, 0.1) is 0 Å². The van der Waals surface area contributed by atoms with E-state index >= 15 is 0 Å². The summed E-state index contributed by atoms with van der Waals surface area (Å²) >= 11 is 1.84. The summed E-state index contributed by atoms with van der Waals surface area (Å²) in [5.41, 5.74) is 1.14. The summed E-state index contributed by atoms with van der Waals surface area (Å²) in [6.45, 7) is 3.85. The molecule has 2 heterocycles. The van der Waals surface area contributed by atoms with Crippen molar-refractivity contribution in [3.05, 3.63) is 58.3 Å². The Hall–Kier alpha value is -2.18. The Morgan fingerprint density at radius 2 is 1.67 bits per heavy atom. The normalized spacial score (nSPS) is 15.4. The molecule has 2 aromatic rings. The van der Waals surface area contributed by atoms with Gasteiger partial charge in [0.15, 0.2) is 0 Å². The average molecular weight is 386 g/mol. The van der Waals surface area contributed by atoms with Crippen LogP contribution >= 0.6 is 11.3 Å². The van der Waals surface area contributed by atoms with Gasteiger partial charge in [-0.15, -0.1) is 11.3 Å². The molecule has 1 aliphatic heterocycles. The molecule has 2 N–H and O–H groups in total. The third-order valence-corrected chi connectivity index (χ3v) is 6.03. The molecule has 6 heteroatoms. The molecule has 144 valence electrons. The molecule has 0 spiro atoms. The fourth-order valence-electron chi connectivity index (χ4n) is 3.42. The standard InChI is InChI=1S/C21H27N3O2S/c25-20(22-11-8-17-5-2-1-3-6-17)21(26)23-12-15-24-13-9-18(10-14-24)19-7-4-16-27-19/h1-7,16,18H,8-15H2,(H,22,25)(H,23,26). The van der Waals surface area contributed by atoms with E-state index < -0.39 is 11.8 Å². The number of hydrogen-bond donors (Lipinski definition) is 2. The summed E-state index contributed by atoms with van der Waals surface area (Å²) in [6.07, 6.45) is 3.04.